The summed E-state index contributed by atoms with van der Waals surface area (Å²) >= 11 is 0. The Kier molecular flexibility index (Phi) is 5.01. The molecule has 0 bridgehead atoms. The molecule has 2 N–H and O–H groups in total. The van der Waals surface area contributed by atoms with Crippen LogP contribution in [0.3, 0.4) is 0 Å². The van der Waals surface area contributed by atoms with Gasteiger partial charge in [0.15, 0.2) is 0 Å². The van der Waals surface area contributed by atoms with Crippen LogP contribution in [0.25, 0.3) is 0 Å². The average molecular weight is 277 g/mol. The highest BCUT2D eigenvalue weighted by molar-refractivity contribution is 5.67. The molecular formula is C16H23NO3. The number of carboxylic acid groups (broad SMARTS) is 1. The molecule has 1 aromatic rings. The normalized spacial score (nSPS) is 20.9. The molecule has 0 spiro atoms. The van der Waals surface area contributed by atoms with E-state index in [1.54, 1.807) is 12.1 Å². The third-order valence-corrected chi connectivity index (χ3v) is 4.19. The number of rotatable bonds is 6. The van der Waals surface area contributed by atoms with Gasteiger partial charge in [0.05, 0.1) is 6.42 Å². The Morgan fingerprint density at radius 3 is 2.75 bits per heavy atom. The summed E-state index contributed by atoms with van der Waals surface area (Å²) in [6.07, 6.45) is 4.32. The van der Waals surface area contributed by atoms with Crippen LogP contribution in [0.15, 0.2) is 24.3 Å². The fourth-order valence-electron chi connectivity index (χ4n) is 3.06. The van der Waals surface area contributed by atoms with Crippen LogP contribution in [-0.2, 0) is 11.2 Å². The van der Waals surface area contributed by atoms with Gasteiger partial charge in [0, 0.05) is 12.1 Å². The largest absolute Gasteiger partial charge is 0.508 e. The van der Waals surface area contributed by atoms with Gasteiger partial charge in [0.1, 0.15) is 5.75 Å². The second kappa shape index (κ2) is 6.75. The number of hydrogen-bond donors (Lipinski definition) is 2. The number of phenolic OH excluding ortho intramolecular Hbond substituents is 1. The van der Waals surface area contributed by atoms with E-state index in [1.165, 1.54) is 5.56 Å². The maximum absolute atomic E-state index is 10.9. The minimum absolute atomic E-state index is 0.197. The number of aryl methyl sites for hydroxylation is 1. The Morgan fingerprint density at radius 2 is 2.10 bits per heavy atom. The van der Waals surface area contributed by atoms with Gasteiger partial charge in [-0.1, -0.05) is 12.1 Å². The molecule has 4 heteroatoms. The summed E-state index contributed by atoms with van der Waals surface area (Å²) in [5.41, 5.74) is 1.21. The molecule has 2 atom stereocenters. The highest BCUT2D eigenvalue weighted by Gasteiger charge is 2.29. The summed E-state index contributed by atoms with van der Waals surface area (Å²) in [5, 5.41) is 18.2. The van der Waals surface area contributed by atoms with Crippen molar-refractivity contribution in [3.05, 3.63) is 29.8 Å². The van der Waals surface area contributed by atoms with E-state index >= 15 is 0 Å². The van der Waals surface area contributed by atoms with Gasteiger partial charge in [0.25, 0.3) is 0 Å². The van der Waals surface area contributed by atoms with E-state index in [4.69, 9.17) is 5.11 Å². The number of aromatic hydroxyl groups is 1. The molecule has 1 fully saturated rings. The highest BCUT2D eigenvalue weighted by Crippen LogP contribution is 2.24. The Morgan fingerprint density at radius 1 is 1.40 bits per heavy atom. The van der Waals surface area contributed by atoms with E-state index in [2.05, 4.69) is 11.8 Å². The number of benzene rings is 1. The zero-order chi connectivity index (χ0) is 14.5. The quantitative estimate of drug-likeness (QED) is 0.839. The summed E-state index contributed by atoms with van der Waals surface area (Å²) in [5.74, 6) is -0.407. The third-order valence-electron chi connectivity index (χ3n) is 4.19. The van der Waals surface area contributed by atoms with Crippen LogP contribution >= 0.6 is 0 Å². The minimum Gasteiger partial charge on any atom is -0.508 e. The first-order valence-corrected chi connectivity index (χ1v) is 7.31. The van der Waals surface area contributed by atoms with Crippen molar-refractivity contribution in [2.24, 2.45) is 0 Å². The second-order valence-electron chi connectivity index (χ2n) is 5.69. The van der Waals surface area contributed by atoms with Gasteiger partial charge in [-0.25, -0.2) is 0 Å². The molecule has 0 radical (unpaired) electrons. The summed E-state index contributed by atoms with van der Waals surface area (Å²) < 4.78 is 0. The first-order chi connectivity index (χ1) is 9.56. The number of carbonyl (C=O) groups is 1. The molecule has 2 rings (SSSR count). The topological polar surface area (TPSA) is 60.8 Å². The Balaban J connectivity index is 1.85. The highest BCUT2D eigenvalue weighted by atomic mass is 16.4. The van der Waals surface area contributed by atoms with Crippen molar-refractivity contribution in [1.29, 1.82) is 0 Å². The number of hydrogen-bond acceptors (Lipinski definition) is 3. The van der Waals surface area contributed by atoms with Crippen molar-refractivity contribution >= 4 is 5.97 Å². The van der Waals surface area contributed by atoms with Crippen LogP contribution in [0.1, 0.15) is 38.2 Å². The van der Waals surface area contributed by atoms with Gasteiger partial charge in [-0.2, -0.15) is 0 Å². The molecule has 1 aliphatic heterocycles. The van der Waals surface area contributed by atoms with Crippen LogP contribution < -0.4 is 0 Å². The third kappa shape index (κ3) is 3.97. The molecule has 0 amide bonds. The van der Waals surface area contributed by atoms with E-state index in [-0.39, 0.29) is 12.5 Å². The van der Waals surface area contributed by atoms with E-state index in [9.17, 15) is 9.90 Å². The Hall–Kier alpha value is -1.55. The van der Waals surface area contributed by atoms with Crippen molar-refractivity contribution in [1.82, 2.24) is 4.90 Å². The molecule has 1 saturated heterocycles. The van der Waals surface area contributed by atoms with Crippen LogP contribution in [-0.4, -0.2) is 39.7 Å². The lowest BCUT2D eigenvalue weighted by Crippen LogP contribution is -2.38. The zero-order valence-electron chi connectivity index (χ0n) is 12.0. The van der Waals surface area contributed by atoms with Crippen LogP contribution in [0.4, 0.5) is 0 Å². The van der Waals surface area contributed by atoms with E-state index in [0.29, 0.717) is 11.8 Å². The molecule has 4 nitrogen and oxygen atoms in total. The fraction of sp³-hybridized carbons (Fsp3) is 0.562. The van der Waals surface area contributed by atoms with Gasteiger partial charge < -0.3 is 10.2 Å². The molecule has 0 saturated carbocycles. The van der Waals surface area contributed by atoms with Crippen molar-refractivity contribution in [3.63, 3.8) is 0 Å². The molecule has 1 aromatic carbocycles. The van der Waals surface area contributed by atoms with Crippen molar-refractivity contribution in [2.75, 3.05) is 6.54 Å². The summed E-state index contributed by atoms with van der Waals surface area (Å²) in [6, 6.07) is 7.91. The monoisotopic (exact) mass is 277 g/mol. The van der Waals surface area contributed by atoms with Crippen molar-refractivity contribution in [3.8, 4) is 5.75 Å². The number of likely N-dealkylation sites (tertiary alicyclic amines) is 1. The maximum atomic E-state index is 10.9. The second-order valence-corrected chi connectivity index (χ2v) is 5.69. The van der Waals surface area contributed by atoms with Gasteiger partial charge in [-0.05, 0) is 56.8 Å². The average Bonchev–Trinajstić information content (AvgIpc) is 2.85. The number of phenols is 1. The maximum Gasteiger partial charge on any atom is 0.304 e. The van der Waals surface area contributed by atoms with Crippen LogP contribution in [0.2, 0.25) is 0 Å². The Bertz CT molecular complexity index is 444. The molecule has 1 aliphatic rings. The molecule has 1 heterocycles. The van der Waals surface area contributed by atoms with E-state index in [1.807, 2.05) is 12.1 Å². The molecule has 110 valence electrons. The van der Waals surface area contributed by atoms with Crippen molar-refractivity contribution in [2.45, 2.75) is 51.1 Å². The zero-order valence-corrected chi connectivity index (χ0v) is 12.0. The van der Waals surface area contributed by atoms with Crippen LogP contribution in [0, 0.1) is 0 Å². The first kappa shape index (κ1) is 14.9. The lowest BCUT2D eigenvalue weighted by atomic mass is 10.0. The molecule has 20 heavy (non-hydrogen) atoms. The van der Waals surface area contributed by atoms with E-state index < -0.39 is 5.97 Å². The summed E-state index contributed by atoms with van der Waals surface area (Å²) in [6.45, 7) is 3.19. The summed E-state index contributed by atoms with van der Waals surface area (Å²) in [4.78, 5) is 13.2. The van der Waals surface area contributed by atoms with Gasteiger partial charge >= 0.3 is 5.97 Å². The smallest absolute Gasteiger partial charge is 0.304 e. The Labute approximate surface area is 120 Å². The predicted molar refractivity (Wildman–Crippen MR) is 77.9 cm³/mol. The summed E-state index contributed by atoms with van der Waals surface area (Å²) in [7, 11) is 0. The van der Waals surface area contributed by atoms with E-state index in [0.717, 1.165) is 32.2 Å². The number of nitrogens with zero attached hydrogens (tertiary/aromatic N) is 1. The van der Waals surface area contributed by atoms with Gasteiger partial charge in [-0.15, -0.1) is 0 Å². The minimum atomic E-state index is -0.701. The molecule has 0 aromatic heterocycles. The SMILES string of the molecule is CC(CCc1ccc(O)cc1)N1CCCC1CC(=O)O. The number of carboxylic acids is 1. The van der Waals surface area contributed by atoms with Crippen molar-refractivity contribution < 1.29 is 15.0 Å². The standard InChI is InChI=1S/C16H23NO3/c1-12(4-5-13-6-8-15(18)9-7-13)17-10-2-3-14(17)11-16(19)20/h6-9,12,14,18H,2-5,10-11H2,1H3,(H,19,20). The molecule has 2 unspecified atom stereocenters. The lowest BCUT2D eigenvalue weighted by Gasteiger charge is -2.30. The predicted octanol–water partition coefficient (Wildman–Crippen LogP) is 2.65. The molecule has 0 aliphatic carbocycles. The number of aliphatic carboxylic acids is 1. The first-order valence-electron chi connectivity index (χ1n) is 7.31. The van der Waals surface area contributed by atoms with Crippen LogP contribution in [0.5, 0.6) is 5.75 Å². The van der Waals surface area contributed by atoms with Gasteiger partial charge in [0.2, 0.25) is 0 Å². The lowest BCUT2D eigenvalue weighted by molar-refractivity contribution is -0.138. The fourth-order valence-corrected chi connectivity index (χ4v) is 3.06. The molecular weight excluding hydrogens is 254 g/mol. The van der Waals surface area contributed by atoms with Gasteiger partial charge in [-0.3, -0.25) is 9.69 Å².